The molecule has 236 valence electrons. The fourth-order valence-corrected chi connectivity index (χ4v) is 6.22. The van der Waals surface area contributed by atoms with E-state index in [1.54, 1.807) is 12.1 Å². The number of hydrogen-bond donors (Lipinski definition) is 2. The molecule has 0 bridgehead atoms. The Morgan fingerprint density at radius 1 is 0.870 bits per heavy atom. The van der Waals surface area contributed by atoms with Crippen molar-refractivity contribution in [2.45, 2.75) is 0 Å². The molecule has 5 aromatic rings. The third kappa shape index (κ3) is 6.73. The van der Waals surface area contributed by atoms with Crippen molar-refractivity contribution in [2.24, 2.45) is 5.10 Å². The van der Waals surface area contributed by atoms with Crippen molar-refractivity contribution in [1.29, 1.82) is 0 Å². The number of benzene rings is 4. The number of nitrogens with one attached hydrogen (secondary N) is 2. The Kier molecular flexibility index (Phi) is 9.98. The number of aromatic nitrogens is 1. The number of hydrogen-bond acceptors (Lipinski definition) is 8. The van der Waals surface area contributed by atoms with Crippen LogP contribution in [0.2, 0.25) is 0 Å². The fourth-order valence-electron chi connectivity index (χ4n) is 4.88. The minimum atomic E-state index is -0.677. The van der Waals surface area contributed by atoms with Gasteiger partial charge in [0.05, 0.1) is 37.6 Å². The van der Waals surface area contributed by atoms with Crippen LogP contribution in [-0.4, -0.2) is 58.5 Å². The predicted octanol–water partition coefficient (Wildman–Crippen LogP) is 7.43. The number of esters is 1. The van der Waals surface area contributed by atoms with Crippen molar-refractivity contribution < 1.29 is 28.5 Å². The number of amides is 1. The van der Waals surface area contributed by atoms with Gasteiger partial charge in [-0.15, -0.1) is 0 Å². The number of fused-ring (bicyclic) bond motifs is 1. The molecule has 1 amide bonds. The van der Waals surface area contributed by atoms with Crippen LogP contribution in [0.5, 0.6) is 23.0 Å². The van der Waals surface area contributed by atoms with Gasteiger partial charge in [-0.2, -0.15) is 5.10 Å². The summed E-state index contributed by atoms with van der Waals surface area (Å²) >= 11 is 6.94. The van der Waals surface area contributed by atoms with Gasteiger partial charge in [0, 0.05) is 46.3 Å². The highest BCUT2D eigenvalue weighted by Gasteiger charge is 2.22. The number of carbonyl (C=O) groups is 2. The molecule has 0 saturated carbocycles. The Balaban J connectivity index is 1.45. The van der Waals surface area contributed by atoms with Gasteiger partial charge in [0.15, 0.2) is 17.2 Å². The Labute approximate surface area is 282 Å². The fraction of sp³-hybridized carbons (Fsp3) is 0.147. The summed E-state index contributed by atoms with van der Waals surface area (Å²) in [4.78, 5) is 32.1. The van der Waals surface area contributed by atoms with E-state index in [2.05, 4.69) is 47.4 Å². The summed E-state index contributed by atoms with van der Waals surface area (Å²) in [5, 5.41) is 5.13. The van der Waals surface area contributed by atoms with E-state index >= 15 is 0 Å². The van der Waals surface area contributed by atoms with Gasteiger partial charge in [-0.05, 0) is 64.0 Å². The topological polar surface area (TPSA) is 114 Å². The third-order valence-corrected chi connectivity index (χ3v) is 8.14. The van der Waals surface area contributed by atoms with Crippen LogP contribution >= 0.6 is 31.9 Å². The molecule has 10 nitrogen and oxygen atoms in total. The smallest absolute Gasteiger partial charge is 0.343 e. The highest BCUT2D eigenvalue weighted by atomic mass is 79.9. The van der Waals surface area contributed by atoms with E-state index in [1.807, 2.05) is 67.5 Å². The van der Waals surface area contributed by atoms with Crippen molar-refractivity contribution in [3.63, 3.8) is 0 Å². The van der Waals surface area contributed by atoms with E-state index in [0.29, 0.717) is 37.5 Å². The molecule has 0 spiro atoms. The second-order valence-electron chi connectivity index (χ2n) is 10.2. The van der Waals surface area contributed by atoms with Crippen LogP contribution < -0.4 is 29.3 Å². The molecule has 0 unspecified atom stereocenters. The van der Waals surface area contributed by atoms with Crippen LogP contribution in [0.1, 0.15) is 26.4 Å². The lowest BCUT2D eigenvalue weighted by atomic mass is 10.0. The summed E-state index contributed by atoms with van der Waals surface area (Å²) in [7, 11) is 8.33. The average molecular weight is 750 g/mol. The molecular formula is C34H30Br2N4O6. The maximum Gasteiger partial charge on any atom is 0.343 e. The van der Waals surface area contributed by atoms with Crippen molar-refractivity contribution in [2.75, 3.05) is 40.3 Å². The number of rotatable bonds is 10. The van der Waals surface area contributed by atoms with Gasteiger partial charge in [0.25, 0.3) is 5.91 Å². The van der Waals surface area contributed by atoms with Crippen LogP contribution in [0.3, 0.4) is 0 Å². The number of hydrazone groups is 1. The number of nitrogens with zero attached hydrogens (tertiary/aromatic N) is 2. The molecule has 12 heteroatoms. The number of methoxy groups -OCH3 is 3. The zero-order valence-corrected chi connectivity index (χ0v) is 28.8. The second-order valence-corrected chi connectivity index (χ2v) is 11.9. The Morgan fingerprint density at radius 2 is 1.57 bits per heavy atom. The molecule has 4 aromatic carbocycles. The van der Waals surface area contributed by atoms with Crippen molar-refractivity contribution >= 4 is 66.5 Å². The van der Waals surface area contributed by atoms with Crippen molar-refractivity contribution in [1.82, 2.24) is 10.4 Å². The number of anilines is 1. The standard InChI is InChI=1S/C34H30Br2N4O6/c1-40(2)23-11-12-26-24(17-23)29(19-9-7-6-8-10-19)30(38-26)33(41)39-37-18-21-13-22(35)16-25(36)31(21)46-34(42)20-14-27(43-3)32(45-5)28(15-20)44-4/h6-18,38H,1-5H3,(H,39,41). The summed E-state index contributed by atoms with van der Waals surface area (Å²) in [6.45, 7) is 0. The molecule has 1 aromatic heterocycles. The number of ether oxygens (including phenoxy) is 4. The van der Waals surface area contributed by atoms with Crippen LogP contribution in [0.15, 0.2) is 86.8 Å². The van der Waals surface area contributed by atoms with Gasteiger partial charge < -0.3 is 28.8 Å². The van der Waals surface area contributed by atoms with Crippen LogP contribution in [0.25, 0.3) is 22.0 Å². The molecule has 1 heterocycles. The summed E-state index contributed by atoms with van der Waals surface area (Å²) in [6, 6.07) is 22.1. The summed E-state index contributed by atoms with van der Waals surface area (Å²) in [6.07, 6.45) is 1.40. The second kappa shape index (κ2) is 14.1. The normalized spacial score (nSPS) is 11.0. The lowest BCUT2D eigenvalue weighted by Gasteiger charge is -2.15. The zero-order valence-electron chi connectivity index (χ0n) is 25.6. The predicted molar refractivity (Wildman–Crippen MR) is 186 cm³/mol. The third-order valence-electron chi connectivity index (χ3n) is 7.09. The first kappa shape index (κ1) is 32.6. The molecule has 5 rings (SSSR count). The van der Waals surface area contributed by atoms with E-state index in [-0.39, 0.29) is 11.3 Å². The summed E-state index contributed by atoms with van der Waals surface area (Å²) < 4.78 is 23.1. The summed E-state index contributed by atoms with van der Waals surface area (Å²) in [5.41, 5.74) is 7.03. The Morgan fingerprint density at radius 3 is 2.20 bits per heavy atom. The average Bonchev–Trinajstić information content (AvgIpc) is 3.44. The molecule has 0 aliphatic heterocycles. The number of carbonyl (C=O) groups excluding carboxylic acids is 2. The van der Waals surface area contributed by atoms with Crippen LogP contribution in [-0.2, 0) is 0 Å². The Hall–Kier alpha value is -4.81. The van der Waals surface area contributed by atoms with Gasteiger partial charge in [0.1, 0.15) is 5.69 Å². The van der Waals surface area contributed by atoms with E-state index in [4.69, 9.17) is 18.9 Å². The molecule has 0 aliphatic rings. The first-order valence-corrected chi connectivity index (χ1v) is 15.5. The van der Waals surface area contributed by atoms with Gasteiger partial charge >= 0.3 is 5.97 Å². The van der Waals surface area contributed by atoms with Gasteiger partial charge in [0.2, 0.25) is 5.75 Å². The number of aromatic amines is 1. The number of halogens is 2. The molecule has 0 saturated heterocycles. The maximum atomic E-state index is 13.6. The molecule has 0 aliphatic carbocycles. The van der Waals surface area contributed by atoms with Crippen molar-refractivity contribution in [3.05, 3.63) is 98.6 Å². The minimum Gasteiger partial charge on any atom is -0.493 e. The van der Waals surface area contributed by atoms with E-state index < -0.39 is 11.9 Å². The SMILES string of the molecule is COc1cc(C(=O)Oc2c(Br)cc(Br)cc2C=NNC(=O)c2[nH]c3ccc(N(C)C)cc3c2-c2ccccc2)cc(OC)c1OC. The first-order valence-electron chi connectivity index (χ1n) is 13.9. The first-order chi connectivity index (χ1) is 22.1. The van der Waals surface area contributed by atoms with Gasteiger partial charge in [-0.25, -0.2) is 10.2 Å². The lowest BCUT2D eigenvalue weighted by molar-refractivity contribution is 0.0732. The molecule has 0 atom stereocenters. The maximum absolute atomic E-state index is 13.6. The number of H-pyrrole nitrogens is 1. The molecule has 46 heavy (non-hydrogen) atoms. The molecule has 0 fully saturated rings. The van der Waals surface area contributed by atoms with Crippen LogP contribution in [0, 0.1) is 0 Å². The molecular weight excluding hydrogens is 720 g/mol. The highest BCUT2D eigenvalue weighted by Crippen LogP contribution is 2.39. The Bertz CT molecular complexity index is 1930. The lowest BCUT2D eigenvalue weighted by Crippen LogP contribution is -2.19. The quantitative estimate of drug-likeness (QED) is 0.0661. The van der Waals surface area contributed by atoms with Crippen molar-refractivity contribution in [3.8, 4) is 34.1 Å². The van der Waals surface area contributed by atoms with E-state index in [1.165, 1.54) is 39.7 Å². The summed E-state index contributed by atoms with van der Waals surface area (Å²) in [5.74, 6) is 0.0208. The largest absolute Gasteiger partial charge is 0.493 e. The highest BCUT2D eigenvalue weighted by molar-refractivity contribution is 9.11. The van der Waals surface area contributed by atoms with E-state index in [9.17, 15) is 9.59 Å². The zero-order chi connectivity index (χ0) is 33.0. The minimum absolute atomic E-state index is 0.171. The van der Waals surface area contributed by atoms with Gasteiger partial charge in [-0.3, -0.25) is 4.79 Å². The monoisotopic (exact) mass is 748 g/mol. The van der Waals surface area contributed by atoms with E-state index in [0.717, 1.165) is 27.7 Å². The van der Waals surface area contributed by atoms with Gasteiger partial charge in [-0.1, -0.05) is 46.3 Å². The molecule has 2 N–H and O–H groups in total. The van der Waals surface area contributed by atoms with Crippen LogP contribution in [0.4, 0.5) is 5.69 Å². The molecule has 0 radical (unpaired) electrons.